The van der Waals surface area contributed by atoms with Gasteiger partial charge in [0.25, 0.3) is 0 Å². The number of aromatic nitrogens is 3. The van der Waals surface area contributed by atoms with Gasteiger partial charge in [-0.2, -0.15) is 15.0 Å². The van der Waals surface area contributed by atoms with Crippen molar-refractivity contribution in [3.8, 4) is 0 Å². The van der Waals surface area contributed by atoms with Gasteiger partial charge in [0, 0.05) is 19.6 Å². The third kappa shape index (κ3) is 3.34. The molecular formula is C12H18ClN5O3. The maximum Gasteiger partial charge on any atom is 0.231 e. The van der Waals surface area contributed by atoms with Gasteiger partial charge in [0.05, 0.1) is 39.1 Å². The summed E-state index contributed by atoms with van der Waals surface area (Å²) in [7, 11) is 0. The second kappa shape index (κ2) is 6.69. The summed E-state index contributed by atoms with van der Waals surface area (Å²) in [6.45, 7) is 4.38. The minimum atomic E-state index is -0.158. The van der Waals surface area contributed by atoms with E-state index in [1.807, 2.05) is 9.80 Å². The maximum atomic E-state index is 9.46. The molecule has 0 amide bonds. The normalized spacial score (nSPS) is 23.4. The van der Waals surface area contributed by atoms with Gasteiger partial charge in [-0.25, -0.2) is 0 Å². The van der Waals surface area contributed by atoms with Crippen molar-refractivity contribution in [2.45, 2.75) is 6.04 Å². The highest BCUT2D eigenvalue weighted by molar-refractivity contribution is 6.28. The zero-order valence-corrected chi connectivity index (χ0v) is 12.4. The largest absolute Gasteiger partial charge is 0.394 e. The molecule has 1 atom stereocenters. The molecule has 1 unspecified atom stereocenters. The van der Waals surface area contributed by atoms with Crippen LogP contribution in [-0.2, 0) is 9.47 Å². The van der Waals surface area contributed by atoms with Crippen LogP contribution in [0.1, 0.15) is 0 Å². The van der Waals surface area contributed by atoms with Crippen molar-refractivity contribution in [3.05, 3.63) is 5.28 Å². The Morgan fingerprint density at radius 3 is 2.52 bits per heavy atom. The Morgan fingerprint density at radius 2 is 1.76 bits per heavy atom. The fraction of sp³-hybridized carbons (Fsp3) is 0.750. The number of morpholine rings is 2. The van der Waals surface area contributed by atoms with E-state index in [9.17, 15) is 5.11 Å². The van der Waals surface area contributed by atoms with Gasteiger partial charge in [0.15, 0.2) is 0 Å². The Bertz CT molecular complexity index is 486. The molecule has 21 heavy (non-hydrogen) atoms. The number of halogens is 1. The lowest BCUT2D eigenvalue weighted by Crippen LogP contribution is -2.48. The van der Waals surface area contributed by atoms with Crippen LogP contribution in [0.5, 0.6) is 0 Å². The Hall–Kier alpha value is -1.22. The molecule has 0 aliphatic carbocycles. The molecule has 2 saturated heterocycles. The quantitative estimate of drug-likeness (QED) is 0.803. The van der Waals surface area contributed by atoms with Crippen LogP contribution in [0, 0.1) is 0 Å². The van der Waals surface area contributed by atoms with Crippen molar-refractivity contribution < 1.29 is 14.6 Å². The Kier molecular flexibility index (Phi) is 4.69. The van der Waals surface area contributed by atoms with Crippen molar-refractivity contribution in [3.63, 3.8) is 0 Å². The van der Waals surface area contributed by atoms with Gasteiger partial charge in [0.1, 0.15) is 0 Å². The summed E-state index contributed by atoms with van der Waals surface area (Å²) in [5.41, 5.74) is 0. The highest BCUT2D eigenvalue weighted by Gasteiger charge is 2.26. The lowest BCUT2D eigenvalue weighted by Gasteiger charge is -2.35. The highest BCUT2D eigenvalue weighted by atomic mass is 35.5. The van der Waals surface area contributed by atoms with Crippen molar-refractivity contribution in [2.24, 2.45) is 0 Å². The minimum Gasteiger partial charge on any atom is -0.394 e. The second-order valence-corrected chi connectivity index (χ2v) is 5.25. The van der Waals surface area contributed by atoms with Crippen LogP contribution in [-0.4, -0.2) is 78.8 Å². The molecular weight excluding hydrogens is 298 g/mol. The molecule has 1 aromatic heterocycles. The lowest BCUT2D eigenvalue weighted by molar-refractivity contribution is 0.0718. The van der Waals surface area contributed by atoms with Gasteiger partial charge in [0.2, 0.25) is 17.2 Å². The molecule has 0 bridgehead atoms. The summed E-state index contributed by atoms with van der Waals surface area (Å²) in [4.78, 5) is 16.8. The van der Waals surface area contributed by atoms with Gasteiger partial charge in [-0.05, 0) is 11.6 Å². The first-order valence-electron chi connectivity index (χ1n) is 6.97. The second-order valence-electron chi connectivity index (χ2n) is 4.91. The summed E-state index contributed by atoms with van der Waals surface area (Å²) >= 11 is 6.04. The number of nitrogens with zero attached hydrogens (tertiary/aromatic N) is 5. The van der Waals surface area contributed by atoms with E-state index in [0.717, 1.165) is 13.1 Å². The summed E-state index contributed by atoms with van der Waals surface area (Å²) in [6, 6.07) is -0.158. The van der Waals surface area contributed by atoms with Crippen molar-refractivity contribution in [1.29, 1.82) is 0 Å². The van der Waals surface area contributed by atoms with Gasteiger partial charge in [-0.3, -0.25) is 0 Å². The molecule has 2 aliphatic rings. The minimum absolute atomic E-state index is 0.0177. The summed E-state index contributed by atoms with van der Waals surface area (Å²) in [5, 5.41) is 9.61. The molecule has 9 heteroatoms. The predicted molar refractivity (Wildman–Crippen MR) is 76.9 cm³/mol. The smallest absolute Gasteiger partial charge is 0.231 e. The van der Waals surface area contributed by atoms with Crippen molar-refractivity contribution >= 4 is 23.5 Å². The Balaban J connectivity index is 1.85. The van der Waals surface area contributed by atoms with Gasteiger partial charge in [-0.1, -0.05) is 0 Å². The number of hydrogen-bond acceptors (Lipinski definition) is 8. The van der Waals surface area contributed by atoms with E-state index in [1.54, 1.807) is 0 Å². The standard InChI is InChI=1S/C12H18ClN5O3/c13-10-14-11(17-1-4-20-5-2-17)16-12(15-10)18-3-6-21-8-9(18)7-19/h9,19H,1-8H2. The first-order valence-corrected chi connectivity index (χ1v) is 7.35. The lowest BCUT2D eigenvalue weighted by atomic mass is 10.2. The van der Waals surface area contributed by atoms with Crippen LogP contribution >= 0.6 is 11.6 Å². The Morgan fingerprint density at radius 1 is 1.05 bits per heavy atom. The molecule has 116 valence electrons. The van der Waals surface area contributed by atoms with Crippen LogP contribution in [0.2, 0.25) is 5.28 Å². The summed E-state index contributed by atoms with van der Waals surface area (Å²) in [6.07, 6.45) is 0. The summed E-state index contributed by atoms with van der Waals surface area (Å²) < 4.78 is 10.7. The van der Waals surface area contributed by atoms with Crippen LogP contribution in [0.4, 0.5) is 11.9 Å². The van der Waals surface area contributed by atoms with Crippen LogP contribution in [0.3, 0.4) is 0 Å². The van der Waals surface area contributed by atoms with E-state index in [4.69, 9.17) is 21.1 Å². The van der Waals surface area contributed by atoms with E-state index < -0.39 is 0 Å². The SMILES string of the molecule is OCC1COCCN1c1nc(Cl)nc(N2CCOCC2)n1. The molecule has 1 aromatic rings. The molecule has 2 fully saturated rings. The molecule has 0 spiro atoms. The fourth-order valence-electron chi connectivity index (χ4n) is 2.43. The third-order valence-corrected chi connectivity index (χ3v) is 3.74. The van der Waals surface area contributed by atoms with Crippen LogP contribution < -0.4 is 9.80 Å². The van der Waals surface area contributed by atoms with Gasteiger partial charge < -0.3 is 24.4 Å². The number of aliphatic hydroxyl groups is 1. The zero-order valence-electron chi connectivity index (χ0n) is 11.6. The number of ether oxygens (including phenoxy) is 2. The van der Waals surface area contributed by atoms with Gasteiger partial charge >= 0.3 is 0 Å². The predicted octanol–water partition coefficient (Wildman–Crippen LogP) is -0.441. The van der Waals surface area contributed by atoms with E-state index in [-0.39, 0.29) is 17.9 Å². The monoisotopic (exact) mass is 315 g/mol. The topological polar surface area (TPSA) is 83.8 Å². The molecule has 3 heterocycles. The number of hydrogen-bond donors (Lipinski definition) is 1. The van der Waals surface area contributed by atoms with E-state index >= 15 is 0 Å². The fourth-order valence-corrected chi connectivity index (χ4v) is 2.58. The Labute approximate surface area is 127 Å². The zero-order chi connectivity index (χ0) is 14.7. The van der Waals surface area contributed by atoms with Crippen LogP contribution in [0.15, 0.2) is 0 Å². The molecule has 3 rings (SSSR count). The van der Waals surface area contributed by atoms with E-state index in [2.05, 4.69) is 15.0 Å². The van der Waals surface area contributed by atoms with Crippen LogP contribution in [0.25, 0.3) is 0 Å². The van der Waals surface area contributed by atoms with E-state index in [0.29, 0.717) is 44.9 Å². The molecule has 0 radical (unpaired) electrons. The summed E-state index contributed by atoms with van der Waals surface area (Å²) in [5.74, 6) is 1.04. The average Bonchev–Trinajstić information content (AvgIpc) is 2.55. The first-order chi connectivity index (χ1) is 10.3. The highest BCUT2D eigenvalue weighted by Crippen LogP contribution is 2.20. The molecule has 0 aromatic carbocycles. The number of anilines is 2. The molecule has 1 N–H and O–H groups in total. The van der Waals surface area contributed by atoms with Crippen molar-refractivity contribution in [1.82, 2.24) is 15.0 Å². The molecule has 0 saturated carbocycles. The first kappa shape index (κ1) is 14.7. The van der Waals surface area contributed by atoms with Crippen molar-refractivity contribution in [2.75, 3.05) is 62.5 Å². The maximum absolute atomic E-state index is 9.46. The average molecular weight is 316 g/mol. The number of rotatable bonds is 3. The third-order valence-electron chi connectivity index (χ3n) is 3.57. The van der Waals surface area contributed by atoms with E-state index in [1.165, 1.54) is 0 Å². The van der Waals surface area contributed by atoms with Gasteiger partial charge in [-0.15, -0.1) is 0 Å². The number of aliphatic hydroxyl groups excluding tert-OH is 1. The molecule has 2 aliphatic heterocycles. The molecule has 8 nitrogen and oxygen atoms in total.